The van der Waals surface area contributed by atoms with Gasteiger partial charge in [-0.15, -0.1) is 0 Å². The highest BCUT2D eigenvalue weighted by Crippen LogP contribution is 2.18. The minimum absolute atomic E-state index is 0.789. The lowest BCUT2D eigenvalue weighted by molar-refractivity contribution is 0.414. The first-order valence-corrected chi connectivity index (χ1v) is 7.34. The SMILES string of the molecule is COc1ccccc1C=CCNCc1cccnc1N(C)C. The first-order valence-electron chi connectivity index (χ1n) is 7.34. The van der Waals surface area contributed by atoms with Gasteiger partial charge >= 0.3 is 0 Å². The van der Waals surface area contributed by atoms with Gasteiger partial charge in [0, 0.05) is 44.5 Å². The van der Waals surface area contributed by atoms with Crippen molar-refractivity contribution in [2.45, 2.75) is 6.54 Å². The van der Waals surface area contributed by atoms with Crippen LogP contribution < -0.4 is 15.0 Å². The zero-order valence-corrected chi connectivity index (χ0v) is 13.4. The number of hydrogen-bond acceptors (Lipinski definition) is 4. The summed E-state index contributed by atoms with van der Waals surface area (Å²) in [4.78, 5) is 6.43. The number of hydrogen-bond donors (Lipinski definition) is 1. The van der Waals surface area contributed by atoms with Gasteiger partial charge in [0.1, 0.15) is 11.6 Å². The molecule has 0 atom stereocenters. The summed E-state index contributed by atoms with van der Waals surface area (Å²) in [6.45, 7) is 1.58. The molecule has 116 valence electrons. The molecule has 0 radical (unpaired) electrons. The summed E-state index contributed by atoms with van der Waals surface area (Å²) in [6, 6.07) is 12.1. The van der Waals surface area contributed by atoms with Gasteiger partial charge < -0.3 is 15.0 Å². The molecule has 1 aromatic heterocycles. The maximum Gasteiger partial charge on any atom is 0.132 e. The highest BCUT2D eigenvalue weighted by Gasteiger charge is 2.03. The van der Waals surface area contributed by atoms with Crippen LogP contribution in [0.3, 0.4) is 0 Å². The number of pyridine rings is 1. The van der Waals surface area contributed by atoms with Gasteiger partial charge in [-0.05, 0) is 12.1 Å². The summed E-state index contributed by atoms with van der Waals surface area (Å²) in [5.74, 6) is 1.89. The van der Waals surface area contributed by atoms with Crippen molar-refractivity contribution in [3.8, 4) is 5.75 Å². The number of rotatable bonds is 7. The molecule has 2 aromatic rings. The first-order chi connectivity index (χ1) is 10.7. The van der Waals surface area contributed by atoms with Gasteiger partial charge in [0.05, 0.1) is 7.11 Å². The first kappa shape index (κ1) is 16.0. The van der Waals surface area contributed by atoms with E-state index in [0.717, 1.165) is 30.2 Å². The largest absolute Gasteiger partial charge is 0.496 e. The van der Waals surface area contributed by atoms with Crippen molar-refractivity contribution in [1.82, 2.24) is 10.3 Å². The van der Waals surface area contributed by atoms with Crippen molar-refractivity contribution in [1.29, 1.82) is 0 Å². The Bertz CT molecular complexity index is 623. The maximum atomic E-state index is 5.33. The van der Waals surface area contributed by atoms with E-state index >= 15 is 0 Å². The van der Waals surface area contributed by atoms with E-state index in [1.165, 1.54) is 5.56 Å². The third-order valence-corrected chi connectivity index (χ3v) is 3.31. The molecule has 0 saturated carbocycles. The molecule has 0 aliphatic rings. The number of anilines is 1. The Kier molecular flexibility index (Phi) is 5.98. The number of benzene rings is 1. The number of para-hydroxylation sites is 1. The minimum atomic E-state index is 0.789. The molecule has 1 aromatic carbocycles. The molecule has 0 bridgehead atoms. The maximum absolute atomic E-state index is 5.33. The Balaban J connectivity index is 1.88. The van der Waals surface area contributed by atoms with Crippen LogP contribution in [-0.2, 0) is 6.54 Å². The molecule has 0 aliphatic carbocycles. The van der Waals surface area contributed by atoms with Gasteiger partial charge in [-0.3, -0.25) is 0 Å². The second-order valence-electron chi connectivity index (χ2n) is 5.16. The summed E-state index contributed by atoms with van der Waals surface area (Å²) in [7, 11) is 5.71. The molecule has 4 nitrogen and oxygen atoms in total. The third kappa shape index (κ3) is 4.33. The van der Waals surface area contributed by atoms with Gasteiger partial charge in [0.25, 0.3) is 0 Å². The Morgan fingerprint density at radius 1 is 1.18 bits per heavy atom. The molecule has 0 fully saturated rings. The van der Waals surface area contributed by atoms with Crippen LogP contribution in [0.2, 0.25) is 0 Å². The summed E-state index contributed by atoms with van der Waals surface area (Å²) < 4.78 is 5.33. The number of methoxy groups -OCH3 is 1. The third-order valence-electron chi connectivity index (χ3n) is 3.31. The quantitative estimate of drug-likeness (QED) is 0.797. The van der Waals surface area contributed by atoms with Gasteiger partial charge in [-0.2, -0.15) is 0 Å². The van der Waals surface area contributed by atoms with Crippen LogP contribution in [0.15, 0.2) is 48.7 Å². The zero-order valence-electron chi connectivity index (χ0n) is 13.4. The van der Waals surface area contributed by atoms with Gasteiger partial charge in [0.2, 0.25) is 0 Å². The van der Waals surface area contributed by atoms with E-state index in [2.05, 4.69) is 28.5 Å². The van der Waals surface area contributed by atoms with Gasteiger partial charge in [0.15, 0.2) is 0 Å². The molecule has 0 unspecified atom stereocenters. The monoisotopic (exact) mass is 297 g/mol. The van der Waals surface area contributed by atoms with Gasteiger partial charge in [-0.25, -0.2) is 4.98 Å². The number of aromatic nitrogens is 1. The fourth-order valence-corrected chi connectivity index (χ4v) is 2.25. The number of ether oxygens (including phenoxy) is 1. The standard InChI is InChI=1S/C18H23N3O/c1-21(2)18-16(10-7-13-20-18)14-19-12-6-9-15-8-4-5-11-17(15)22-3/h4-11,13,19H,12,14H2,1-3H3. The lowest BCUT2D eigenvalue weighted by Crippen LogP contribution is -2.18. The summed E-state index contributed by atoms with van der Waals surface area (Å²) in [5, 5.41) is 3.41. The molecule has 1 N–H and O–H groups in total. The summed E-state index contributed by atoms with van der Waals surface area (Å²) in [5.41, 5.74) is 2.28. The average Bonchev–Trinajstić information content (AvgIpc) is 2.55. The topological polar surface area (TPSA) is 37.4 Å². The molecule has 0 amide bonds. The van der Waals surface area contributed by atoms with E-state index < -0.39 is 0 Å². The second-order valence-corrected chi connectivity index (χ2v) is 5.16. The lowest BCUT2D eigenvalue weighted by atomic mass is 10.2. The Morgan fingerprint density at radius 3 is 2.77 bits per heavy atom. The fraction of sp³-hybridized carbons (Fsp3) is 0.278. The minimum Gasteiger partial charge on any atom is -0.496 e. The van der Waals surface area contributed by atoms with E-state index in [4.69, 9.17) is 4.74 Å². The second kappa shape index (κ2) is 8.20. The highest BCUT2D eigenvalue weighted by atomic mass is 16.5. The molecule has 22 heavy (non-hydrogen) atoms. The van der Waals surface area contributed by atoms with Crippen molar-refractivity contribution in [2.24, 2.45) is 0 Å². The van der Waals surface area contributed by atoms with E-state index in [0.29, 0.717) is 0 Å². The van der Waals surface area contributed by atoms with Gasteiger partial charge in [-0.1, -0.05) is 36.4 Å². The fourth-order valence-electron chi connectivity index (χ4n) is 2.25. The van der Waals surface area contributed by atoms with Crippen LogP contribution in [0.5, 0.6) is 5.75 Å². The summed E-state index contributed by atoms with van der Waals surface area (Å²) >= 11 is 0. The lowest BCUT2D eigenvalue weighted by Gasteiger charge is -2.15. The van der Waals surface area contributed by atoms with Crippen LogP contribution in [0, 0.1) is 0 Å². The average molecular weight is 297 g/mol. The van der Waals surface area contributed by atoms with Crippen LogP contribution in [0.25, 0.3) is 6.08 Å². The predicted octanol–water partition coefficient (Wildman–Crippen LogP) is 2.96. The number of nitrogens with one attached hydrogen (secondary N) is 1. The Labute approximate surface area is 132 Å². The summed E-state index contributed by atoms with van der Waals surface area (Å²) in [6.07, 6.45) is 5.99. The van der Waals surface area contributed by atoms with E-state index in [1.807, 2.05) is 55.5 Å². The Hall–Kier alpha value is -2.33. The van der Waals surface area contributed by atoms with Crippen LogP contribution in [-0.4, -0.2) is 32.7 Å². The molecule has 0 aliphatic heterocycles. The van der Waals surface area contributed by atoms with E-state index in [9.17, 15) is 0 Å². The predicted molar refractivity (Wildman–Crippen MR) is 92.3 cm³/mol. The number of nitrogens with zero attached hydrogens (tertiary/aromatic N) is 2. The van der Waals surface area contributed by atoms with Crippen molar-refractivity contribution in [2.75, 3.05) is 32.6 Å². The Morgan fingerprint density at radius 2 is 2.00 bits per heavy atom. The van der Waals surface area contributed by atoms with Crippen LogP contribution >= 0.6 is 0 Å². The molecule has 0 spiro atoms. The molecule has 0 saturated heterocycles. The molecular weight excluding hydrogens is 274 g/mol. The van der Waals surface area contributed by atoms with Crippen molar-refractivity contribution < 1.29 is 4.74 Å². The smallest absolute Gasteiger partial charge is 0.132 e. The van der Waals surface area contributed by atoms with Crippen LogP contribution in [0.4, 0.5) is 5.82 Å². The van der Waals surface area contributed by atoms with Crippen molar-refractivity contribution in [3.05, 3.63) is 59.8 Å². The van der Waals surface area contributed by atoms with Crippen molar-refractivity contribution >= 4 is 11.9 Å². The molecule has 2 rings (SSSR count). The molecule has 4 heteroatoms. The molecular formula is C18H23N3O. The normalized spacial score (nSPS) is 10.9. The van der Waals surface area contributed by atoms with E-state index in [-0.39, 0.29) is 0 Å². The molecule has 1 heterocycles. The van der Waals surface area contributed by atoms with E-state index in [1.54, 1.807) is 7.11 Å². The van der Waals surface area contributed by atoms with Crippen molar-refractivity contribution in [3.63, 3.8) is 0 Å². The highest BCUT2D eigenvalue weighted by molar-refractivity contribution is 5.57. The zero-order chi connectivity index (χ0) is 15.8. The van der Waals surface area contributed by atoms with Crippen LogP contribution in [0.1, 0.15) is 11.1 Å².